The zero-order valence-corrected chi connectivity index (χ0v) is 16.5. The van der Waals surface area contributed by atoms with Gasteiger partial charge >= 0.3 is 6.09 Å². The summed E-state index contributed by atoms with van der Waals surface area (Å²) in [4.78, 5) is 31.0. The van der Waals surface area contributed by atoms with Crippen LogP contribution in [0.2, 0.25) is 0 Å². The highest BCUT2D eigenvalue weighted by Gasteiger charge is 2.49. The molecule has 2 amide bonds. The molecule has 0 N–H and O–H groups in total. The molecule has 3 heterocycles. The minimum Gasteiger partial charge on any atom is -0.441 e. The summed E-state index contributed by atoms with van der Waals surface area (Å²) < 4.78 is 11.6. The summed E-state index contributed by atoms with van der Waals surface area (Å²) in [5.74, 6) is 0.0965. The molecule has 1 spiro atoms. The van der Waals surface area contributed by atoms with E-state index < -0.39 is 11.2 Å². The van der Waals surface area contributed by atoms with E-state index in [4.69, 9.17) is 9.47 Å². The highest BCUT2D eigenvalue weighted by molar-refractivity contribution is 5.85. The van der Waals surface area contributed by atoms with Gasteiger partial charge in [0.05, 0.1) is 6.54 Å². The molecule has 7 nitrogen and oxygen atoms in total. The van der Waals surface area contributed by atoms with Crippen LogP contribution in [0.15, 0.2) is 0 Å². The lowest BCUT2D eigenvalue weighted by Gasteiger charge is -2.42. The first-order valence-electron chi connectivity index (χ1n) is 9.90. The third kappa shape index (κ3) is 4.14. The van der Waals surface area contributed by atoms with E-state index in [0.29, 0.717) is 39.1 Å². The second-order valence-corrected chi connectivity index (χ2v) is 8.46. The normalized spacial score (nSPS) is 28.7. The lowest BCUT2D eigenvalue weighted by Crippen LogP contribution is -2.55. The molecule has 0 aromatic carbocycles. The van der Waals surface area contributed by atoms with Gasteiger partial charge in [-0.15, -0.1) is 0 Å². The summed E-state index contributed by atoms with van der Waals surface area (Å²) in [5, 5.41) is 0. The number of carbonyl (C=O) groups excluding carboxylic acids is 2. The van der Waals surface area contributed by atoms with Crippen LogP contribution in [0.5, 0.6) is 0 Å². The van der Waals surface area contributed by atoms with Gasteiger partial charge in [-0.05, 0) is 53.2 Å². The third-order valence-corrected chi connectivity index (χ3v) is 5.96. The first kappa shape index (κ1) is 19.4. The summed E-state index contributed by atoms with van der Waals surface area (Å²) in [7, 11) is 4.07. The molecule has 3 rings (SSSR count). The summed E-state index contributed by atoms with van der Waals surface area (Å²) in [5.41, 5.74) is -1.09. The predicted octanol–water partition coefficient (Wildman–Crippen LogP) is 1.71. The van der Waals surface area contributed by atoms with Crippen molar-refractivity contribution >= 4 is 12.0 Å². The molecule has 1 atom stereocenters. The fourth-order valence-electron chi connectivity index (χ4n) is 4.26. The van der Waals surface area contributed by atoms with Gasteiger partial charge in [-0.25, -0.2) is 4.79 Å². The third-order valence-electron chi connectivity index (χ3n) is 5.96. The molecule has 7 heteroatoms. The Kier molecular flexibility index (Phi) is 5.77. The van der Waals surface area contributed by atoms with Crippen LogP contribution in [-0.2, 0) is 14.3 Å². The van der Waals surface area contributed by atoms with Crippen LogP contribution >= 0.6 is 0 Å². The molecule has 0 radical (unpaired) electrons. The van der Waals surface area contributed by atoms with E-state index in [-0.39, 0.29) is 12.0 Å². The Labute approximate surface area is 156 Å². The van der Waals surface area contributed by atoms with Crippen molar-refractivity contribution in [2.75, 3.05) is 53.4 Å². The molecule has 0 saturated carbocycles. The first-order chi connectivity index (χ1) is 12.3. The van der Waals surface area contributed by atoms with Crippen LogP contribution in [0.3, 0.4) is 0 Å². The molecule has 3 aliphatic rings. The lowest BCUT2D eigenvalue weighted by atomic mass is 9.88. The van der Waals surface area contributed by atoms with Crippen LogP contribution < -0.4 is 0 Å². The van der Waals surface area contributed by atoms with Crippen LogP contribution in [-0.4, -0.2) is 91.3 Å². The minimum absolute atomic E-state index is 0.0965. The summed E-state index contributed by atoms with van der Waals surface area (Å²) in [6.45, 7) is 6.19. The van der Waals surface area contributed by atoms with Crippen molar-refractivity contribution in [3.63, 3.8) is 0 Å². The maximum absolute atomic E-state index is 12.9. The average molecular weight is 367 g/mol. The van der Waals surface area contributed by atoms with E-state index >= 15 is 0 Å². The average Bonchev–Trinajstić information content (AvgIpc) is 2.91. The number of hydrogen-bond acceptors (Lipinski definition) is 5. The van der Waals surface area contributed by atoms with Gasteiger partial charge in [0.2, 0.25) is 0 Å². The number of likely N-dealkylation sites (tertiary alicyclic amines) is 1. The largest absolute Gasteiger partial charge is 0.441 e. The molecule has 3 saturated heterocycles. The van der Waals surface area contributed by atoms with Gasteiger partial charge < -0.3 is 24.2 Å². The van der Waals surface area contributed by atoms with Crippen molar-refractivity contribution in [1.29, 1.82) is 0 Å². The smallest absolute Gasteiger partial charge is 0.410 e. The summed E-state index contributed by atoms with van der Waals surface area (Å²) in [6.07, 6.45) is 5.03. The molecule has 3 aliphatic heterocycles. The van der Waals surface area contributed by atoms with Gasteiger partial charge in [0.15, 0.2) is 0 Å². The Balaban J connectivity index is 1.51. The van der Waals surface area contributed by atoms with E-state index in [1.165, 1.54) is 0 Å². The maximum atomic E-state index is 12.9. The molecular formula is C19H33N3O4. The topological polar surface area (TPSA) is 62.3 Å². The molecule has 0 unspecified atom stereocenters. The van der Waals surface area contributed by atoms with E-state index in [1.807, 2.05) is 30.8 Å². The summed E-state index contributed by atoms with van der Waals surface area (Å²) in [6, 6.07) is 0. The molecule has 0 aliphatic carbocycles. The Hall–Kier alpha value is -1.34. The molecule has 3 fully saturated rings. The van der Waals surface area contributed by atoms with Crippen LogP contribution in [0.1, 0.15) is 45.4 Å². The van der Waals surface area contributed by atoms with Crippen molar-refractivity contribution in [2.24, 2.45) is 0 Å². The van der Waals surface area contributed by atoms with Gasteiger partial charge in [0.25, 0.3) is 5.91 Å². The predicted molar refractivity (Wildman–Crippen MR) is 98.0 cm³/mol. The van der Waals surface area contributed by atoms with Gasteiger partial charge in [-0.1, -0.05) is 0 Å². The Morgan fingerprint density at radius 1 is 1.19 bits per heavy atom. The Morgan fingerprint density at radius 3 is 2.54 bits per heavy atom. The van der Waals surface area contributed by atoms with Crippen molar-refractivity contribution in [2.45, 2.75) is 56.7 Å². The van der Waals surface area contributed by atoms with Gasteiger partial charge in [0.1, 0.15) is 11.2 Å². The fourth-order valence-corrected chi connectivity index (χ4v) is 4.26. The second kappa shape index (κ2) is 7.72. The molecule has 0 bridgehead atoms. The van der Waals surface area contributed by atoms with E-state index in [2.05, 4.69) is 4.90 Å². The van der Waals surface area contributed by atoms with Crippen molar-refractivity contribution < 1.29 is 19.1 Å². The SMILES string of the molecule is CN(C)CCCN1CC2(CCN(C(=O)[C@@]3(C)CCCCO3)CC2)OC1=O. The van der Waals surface area contributed by atoms with Crippen molar-refractivity contribution in [1.82, 2.24) is 14.7 Å². The number of amides is 2. The zero-order chi connectivity index (χ0) is 18.8. The number of piperidine rings is 1. The first-order valence-corrected chi connectivity index (χ1v) is 9.90. The highest BCUT2D eigenvalue weighted by Crippen LogP contribution is 2.35. The number of nitrogens with zero attached hydrogens (tertiary/aromatic N) is 3. The van der Waals surface area contributed by atoms with Gasteiger partial charge in [0, 0.05) is 39.1 Å². The minimum atomic E-state index is -0.673. The number of carbonyl (C=O) groups is 2. The van der Waals surface area contributed by atoms with Gasteiger partial charge in [-0.3, -0.25) is 4.79 Å². The fraction of sp³-hybridized carbons (Fsp3) is 0.895. The van der Waals surface area contributed by atoms with Crippen LogP contribution in [0, 0.1) is 0 Å². The monoisotopic (exact) mass is 367 g/mol. The number of hydrogen-bond donors (Lipinski definition) is 0. The number of ether oxygens (including phenoxy) is 2. The molecule has 0 aromatic rings. The molecule has 0 aromatic heterocycles. The maximum Gasteiger partial charge on any atom is 0.410 e. The zero-order valence-electron chi connectivity index (χ0n) is 16.5. The quantitative estimate of drug-likeness (QED) is 0.740. The van der Waals surface area contributed by atoms with Crippen molar-refractivity contribution in [3.05, 3.63) is 0 Å². The Morgan fingerprint density at radius 2 is 1.92 bits per heavy atom. The number of rotatable bonds is 5. The standard InChI is InChI=1S/C19H33N3O4/c1-18(7-4-5-14-25-18)16(23)21-12-8-19(9-13-21)15-22(17(24)26-19)11-6-10-20(2)3/h4-15H2,1-3H3/t18-/m1/s1. The van der Waals surface area contributed by atoms with Gasteiger partial charge in [-0.2, -0.15) is 0 Å². The molecular weight excluding hydrogens is 334 g/mol. The highest BCUT2D eigenvalue weighted by atomic mass is 16.6. The second-order valence-electron chi connectivity index (χ2n) is 8.46. The van der Waals surface area contributed by atoms with E-state index in [1.54, 1.807) is 0 Å². The lowest BCUT2D eigenvalue weighted by molar-refractivity contribution is -0.165. The summed E-state index contributed by atoms with van der Waals surface area (Å²) >= 11 is 0. The van der Waals surface area contributed by atoms with E-state index in [9.17, 15) is 9.59 Å². The van der Waals surface area contributed by atoms with Crippen LogP contribution in [0.4, 0.5) is 4.79 Å². The molecule has 26 heavy (non-hydrogen) atoms. The molecule has 148 valence electrons. The Bertz CT molecular complexity index is 523. The van der Waals surface area contributed by atoms with Crippen molar-refractivity contribution in [3.8, 4) is 0 Å². The van der Waals surface area contributed by atoms with E-state index in [0.717, 1.165) is 38.8 Å². The van der Waals surface area contributed by atoms with Crippen LogP contribution in [0.25, 0.3) is 0 Å².